The van der Waals surface area contributed by atoms with Crippen LogP contribution in [0.5, 0.6) is 0 Å². The highest BCUT2D eigenvalue weighted by molar-refractivity contribution is 7.16. The molecule has 1 aromatic heterocycles. The number of thiophene rings is 1. The second kappa shape index (κ2) is 6.10. The fourth-order valence-electron chi connectivity index (χ4n) is 2.70. The number of carbonyl (C=O) groups excluding carboxylic acids is 1. The smallest absolute Gasteiger partial charge is 0.326 e. The molecule has 1 amide bonds. The molecule has 0 fully saturated rings. The molecule has 22 heavy (non-hydrogen) atoms. The number of carboxylic acids is 1. The van der Waals surface area contributed by atoms with Gasteiger partial charge in [-0.2, -0.15) is 0 Å². The molecule has 6 heteroatoms. The van der Waals surface area contributed by atoms with E-state index in [0.29, 0.717) is 17.3 Å². The highest BCUT2D eigenvalue weighted by Gasteiger charge is 2.34. The van der Waals surface area contributed by atoms with Crippen LogP contribution in [0.3, 0.4) is 0 Å². The van der Waals surface area contributed by atoms with Crippen molar-refractivity contribution in [3.63, 3.8) is 0 Å². The van der Waals surface area contributed by atoms with Crippen molar-refractivity contribution in [3.8, 4) is 0 Å². The normalized spacial score (nSPS) is 17.1. The fraction of sp³-hybridized carbons (Fsp3) is 0.250. The van der Waals surface area contributed by atoms with E-state index >= 15 is 0 Å². The van der Waals surface area contributed by atoms with Gasteiger partial charge >= 0.3 is 5.97 Å². The summed E-state index contributed by atoms with van der Waals surface area (Å²) in [7, 11) is 0. The molecule has 0 aliphatic carbocycles. The molecule has 0 bridgehead atoms. The first-order valence-electron chi connectivity index (χ1n) is 6.88. The van der Waals surface area contributed by atoms with Gasteiger partial charge in [-0.05, 0) is 23.3 Å². The van der Waals surface area contributed by atoms with E-state index in [0.717, 1.165) is 16.0 Å². The maximum absolute atomic E-state index is 12.5. The van der Waals surface area contributed by atoms with Crippen LogP contribution in [0.4, 0.5) is 0 Å². The zero-order valence-corrected chi connectivity index (χ0v) is 13.2. The van der Waals surface area contributed by atoms with E-state index < -0.39 is 12.0 Å². The van der Waals surface area contributed by atoms with Crippen molar-refractivity contribution in [1.82, 2.24) is 4.90 Å². The lowest BCUT2D eigenvalue weighted by atomic mass is 9.93. The Hall–Kier alpha value is -1.85. The molecule has 1 aromatic carbocycles. The van der Waals surface area contributed by atoms with Crippen LogP contribution in [0.25, 0.3) is 0 Å². The zero-order valence-electron chi connectivity index (χ0n) is 11.7. The van der Waals surface area contributed by atoms with Gasteiger partial charge in [0, 0.05) is 17.8 Å². The molecule has 1 N–H and O–H groups in total. The van der Waals surface area contributed by atoms with Gasteiger partial charge < -0.3 is 10.0 Å². The predicted molar refractivity (Wildman–Crippen MR) is 85.2 cm³/mol. The van der Waals surface area contributed by atoms with Gasteiger partial charge in [-0.15, -0.1) is 11.3 Å². The van der Waals surface area contributed by atoms with E-state index in [1.165, 1.54) is 16.2 Å². The lowest BCUT2D eigenvalue weighted by Gasteiger charge is -2.34. The minimum absolute atomic E-state index is 0.180. The average molecular weight is 336 g/mol. The summed E-state index contributed by atoms with van der Waals surface area (Å²) in [6.45, 7) is 0.338. The van der Waals surface area contributed by atoms with Gasteiger partial charge in [0.1, 0.15) is 6.04 Å². The van der Waals surface area contributed by atoms with Gasteiger partial charge in [-0.3, -0.25) is 4.79 Å². The Kier molecular flexibility index (Phi) is 4.18. The lowest BCUT2D eigenvalue weighted by molar-refractivity contribution is -0.151. The van der Waals surface area contributed by atoms with Crippen LogP contribution >= 0.6 is 22.9 Å². The molecule has 0 saturated carbocycles. The monoisotopic (exact) mass is 335 g/mol. The molecule has 1 atom stereocenters. The molecule has 2 aromatic rings. The minimum Gasteiger partial charge on any atom is -0.480 e. The largest absolute Gasteiger partial charge is 0.480 e. The van der Waals surface area contributed by atoms with Gasteiger partial charge in [0.05, 0.1) is 10.8 Å². The first-order valence-corrected chi connectivity index (χ1v) is 8.07. The van der Waals surface area contributed by atoms with Gasteiger partial charge in [0.15, 0.2) is 0 Å². The summed E-state index contributed by atoms with van der Waals surface area (Å²) in [6, 6.07) is 10.4. The number of nitrogens with zero attached hydrogens (tertiary/aromatic N) is 1. The zero-order chi connectivity index (χ0) is 15.7. The fourth-order valence-corrected chi connectivity index (χ4v) is 3.78. The SMILES string of the molecule is O=C(O)C1Cc2ccccc2CN1C(=O)Cc1ccc(Cl)s1. The van der Waals surface area contributed by atoms with Crippen LogP contribution in [0.1, 0.15) is 16.0 Å². The summed E-state index contributed by atoms with van der Waals surface area (Å²) < 4.78 is 0.626. The first-order chi connectivity index (χ1) is 10.5. The maximum Gasteiger partial charge on any atom is 0.326 e. The lowest BCUT2D eigenvalue weighted by Crippen LogP contribution is -2.49. The third-order valence-corrected chi connectivity index (χ3v) is 5.04. The van der Waals surface area contributed by atoms with Crippen molar-refractivity contribution < 1.29 is 14.7 Å². The molecule has 0 spiro atoms. The number of rotatable bonds is 3. The Morgan fingerprint density at radius 3 is 2.59 bits per heavy atom. The van der Waals surface area contributed by atoms with E-state index in [2.05, 4.69) is 0 Å². The van der Waals surface area contributed by atoms with Crippen LogP contribution in [-0.4, -0.2) is 27.9 Å². The van der Waals surface area contributed by atoms with Crippen LogP contribution in [0.15, 0.2) is 36.4 Å². The van der Waals surface area contributed by atoms with E-state index in [1.807, 2.05) is 24.3 Å². The number of aliphatic carboxylic acids is 1. The van der Waals surface area contributed by atoms with Crippen molar-refractivity contribution in [2.24, 2.45) is 0 Å². The molecule has 0 saturated heterocycles. The van der Waals surface area contributed by atoms with E-state index in [4.69, 9.17) is 11.6 Å². The van der Waals surface area contributed by atoms with Crippen molar-refractivity contribution in [2.75, 3.05) is 0 Å². The quantitative estimate of drug-likeness (QED) is 0.938. The molecular weight excluding hydrogens is 322 g/mol. The molecule has 114 valence electrons. The molecule has 1 aliphatic heterocycles. The number of fused-ring (bicyclic) bond motifs is 1. The Morgan fingerprint density at radius 1 is 1.23 bits per heavy atom. The van der Waals surface area contributed by atoms with Crippen molar-refractivity contribution in [2.45, 2.75) is 25.4 Å². The molecule has 2 heterocycles. The van der Waals surface area contributed by atoms with Crippen LogP contribution in [-0.2, 0) is 29.0 Å². The molecule has 0 radical (unpaired) electrons. The number of carbonyl (C=O) groups is 2. The van der Waals surface area contributed by atoms with Gasteiger partial charge in [-0.25, -0.2) is 4.79 Å². The second-order valence-electron chi connectivity index (χ2n) is 5.23. The molecule has 3 rings (SSSR count). The standard InChI is InChI=1S/C16H14ClNO3S/c17-14-6-5-12(22-14)8-15(19)18-9-11-4-2-1-3-10(11)7-13(18)16(20)21/h1-6,13H,7-9H2,(H,20,21). The molecule has 4 nitrogen and oxygen atoms in total. The number of halogens is 1. The van der Waals surface area contributed by atoms with Gasteiger partial charge in [-0.1, -0.05) is 35.9 Å². The number of hydrogen-bond acceptors (Lipinski definition) is 3. The van der Waals surface area contributed by atoms with Crippen molar-refractivity contribution >= 4 is 34.8 Å². The van der Waals surface area contributed by atoms with E-state index in [1.54, 1.807) is 12.1 Å². The highest BCUT2D eigenvalue weighted by atomic mass is 35.5. The van der Waals surface area contributed by atoms with E-state index in [9.17, 15) is 14.7 Å². The van der Waals surface area contributed by atoms with Crippen molar-refractivity contribution in [1.29, 1.82) is 0 Å². The Labute approximate surface area is 136 Å². The minimum atomic E-state index is -0.966. The number of carboxylic acid groups (broad SMARTS) is 1. The van der Waals surface area contributed by atoms with Gasteiger partial charge in [0.2, 0.25) is 5.91 Å². The first kappa shape index (κ1) is 15.1. The predicted octanol–water partition coefficient (Wildman–Crippen LogP) is 2.98. The summed E-state index contributed by atoms with van der Waals surface area (Å²) in [5.41, 5.74) is 2.01. The highest BCUT2D eigenvalue weighted by Crippen LogP contribution is 2.26. The third kappa shape index (κ3) is 3.00. The number of benzene rings is 1. The van der Waals surface area contributed by atoms with Crippen molar-refractivity contribution in [3.05, 3.63) is 56.7 Å². The Bertz CT molecular complexity index is 728. The summed E-state index contributed by atoms with van der Waals surface area (Å²) in [5.74, 6) is -1.15. The molecule has 1 unspecified atom stereocenters. The number of amides is 1. The van der Waals surface area contributed by atoms with Gasteiger partial charge in [0.25, 0.3) is 0 Å². The summed E-state index contributed by atoms with van der Waals surface area (Å²) in [6.07, 6.45) is 0.534. The topological polar surface area (TPSA) is 57.6 Å². The van der Waals surface area contributed by atoms with Crippen LogP contribution < -0.4 is 0 Å². The summed E-state index contributed by atoms with van der Waals surface area (Å²) >= 11 is 7.22. The Morgan fingerprint density at radius 2 is 1.95 bits per heavy atom. The number of hydrogen-bond donors (Lipinski definition) is 1. The maximum atomic E-state index is 12.5. The molecule has 1 aliphatic rings. The van der Waals surface area contributed by atoms with Crippen LogP contribution in [0.2, 0.25) is 4.34 Å². The summed E-state index contributed by atoms with van der Waals surface area (Å²) in [4.78, 5) is 26.4. The Balaban J connectivity index is 1.84. The van der Waals surface area contributed by atoms with E-state index in [-0.39, 0.29) is 12.3 Å². The molecular formula is C16H14ClNO3S. The third-order valence-electron chi connectivity index (χ3n) is 3.81. The van der Waals surface area contributed by atoms with Crippen LogP contribution in [0, 0.1) is 0 Å². The second-order valence-corrected chi connectivity index (χ2v) is 7.03. The average Bonchev–Trinajstić information content (AvgIpc) is 2.90. The summed E-state index contributed by atoms with van der Waals surface area (Å²) in [5, 5.41) is 9.44.